The quantitative estimate of drug-likeness (QED) is 0.379. The first-order chi connectivity index (χ1) is 1.00. The van der Waals surface area contributed by atoms with Crippen molar-refractivity contribution in [1.29, 1.82) is 0 Å². The summed E-state index contributed by atoms with van der Waals surface area (Å²) in [6.07, 6.45) is 0. The van der Waals surface area contributed by atoms with Crippen LogP contribution in [0.5, 0.6) is 0 Å². The Morgan fingerprint density at radius 2 is 1.20 bits per heavy atom. The summed E-state index contributed by atoms with van der Waals surface area (Å²) in [5.41, 5.74) is 0. The molecule has 0 aliphatic carbocycles. The summed E-state index contributed by atoms with van der Waals surface area (Å²) in [7, 11) is 0. The van der Waals surface area contributed by atoms with E-state index in [1.165, 1.54) is 0 Å². The molecule has 0 fully saturated rings. The van der Waals surface area contributed by atoms with Gasteiger partial charge >= 0.3 is 81.0 Å². The molecular formula is H5AlLaOSrTa. The van der Waals surface area contributed by atoms with Gasteiger partial charge in [-0.25, -0.2) is 0 Å². The second kappa shape index (κ2) is 25.1. The van der Waals surface area contributed by atoms with Gasteiger partial charge in [0.15, 0.2) is 17.4 Å². The minimum Gasteiger partial charge on any atom is 0 e. The van der Waals surface area contributed by atoms with Crippen molar-refractivity contribution in [2.75, 3.05) is 0 Å². The molecule has 0 atom stereocenters. The average Bonchev–Trinajstić information content (AvgIpc) is 1.00. The van der Waals surface area contributed by atoms with Gasteiger partial charge in [0.2, 0.25) is 0 Å². The maximum absolute atomic E-state index is 8.42. The fourth-order valence-corrected chi connectivity index (χ4v) is 0. The van der Waals surface area contributed by atoms with Crippen molar-refractivity contribution in [1.82, 2.24) is 0 Å². The summed E-state index contributed by atoms with van der Waals surface area (Å²) in [6.45, 7) is 0. The molecule has 0 amide bonds. The maximum Gasteiger partial charge on any atom is 0 e. The zero-order valence-electron chi connectivity index (χ0n) is 1.43. The average molecular weight is 455 g/mol. The Balaban J connectivity index is -0.00000000167. The van der Waals surface area contributed by atoms with Crippen LogP contribution in [0.2, 0.25) is 0 Å². The summed E-state index contributed by atoms with van der Waals surface area (Å²) >= 11 is -0.0833. The van der Waals surface area contributed by atoms with Crippen LogP contribution in [-0.2, 0) is 24.1 Å². The molecule has 0 saturated carbocycles. The summed E-state index contributed by atoms with van der Waals surface area (Å²) in [5.74, 6) is 0. The number of hydrogen-bond donors (Lipinski definition) is 0. The Morgan fingerprint density at radius 3 is 1.20 bits per heavy atom. The largest absolute Gasteiger partial charge is 0 e. The molecule has 0 heterocycles. The van der Waals surface area contributed by atoms with Gasteiger partial charge in [-0.2, -0.15) is 0 Å². The van der Waals surface area contributed by atoms with E-state index in [4.69, 9.17) is 1.70 Å². The van der Waals surface area contributed by atoms with Crippen molar-refractivity contribution >= 4 is 62.8 Å². The molecule has 0 unspecified atom stereocenters. The molecule has 1 radical (unpaired) electrons. The molecule has 0 aromatic heterocycles. The van der Waals surface area contributed by atoms with E-state index in [9.17, 15) is 0 Å². The van der Waals surface area contributed by atoms with E-state index in [-0.39, 0.29) is 119 Å². The molecule has 0 bridgehead atoms. The Kier molecular flexibility index (Phi) is 117. The summed E-state index contributed by atoms with van der Waals surface area (Å²) in [6, 6.07) is 0. The molecule has 5 heavy (non-hydrogen) atoms. The molecule has 0 aromatic rings. The molecule has 0 aliphatic rings. The van der Waals surface area contributed by atoms with Crippen LogP contribution in [0.15, 0.2) is 0 Å². The summed E-state index contributed by atoms with van der Waals surface area (Å²) in [4.78, 5) is 0. The van der Waals surface area contributed by atoms with Crippen LogP contribution in [0.3, 0.4) is 0 Å². The summed E-state index contributed by atoms with van der Waals surface area (Å²) in [5, 5.41) is 0. The molecule has 1 nitrogen and oxygen atoms in total. The van der Waals surface area contributed by atoms with Gasteiger partial charge < -0.3 is 0 Å². The third-order valence-corrected chi connectivity index (χ3v) is 0. The van der Waals surface area contributed by atoms with Crippen molar-refractivity contribution < 1.29 is 57.9 Å². The first kappa shape index (κ1) is 23.3. The minimum atomic E-state index is -0.0833. The van der Waals surface area contributed by atoms with Crippen LogP contribution in [0.4, 0.5) is 0 Å². The second-order valence-corrected chi connectivity index (χ2v) is 0. The van der Waals surface area contributed by atoms with E-state index in [1.54, 1.807) is 0 Å². The van der Waals surface area contributed by atoms with E-state index in [2.05, 4.69) is 0 Å². The second-order valence-electron chi connectivity index (χ2n) is 0. The summed E-state index contributed by atoms with van der Waals surface area (Å²) < 4.78 is 8.42. The molecule has 0 spiro atoms. The van der Waals surface area contributed by atoms with E-state index in [0.29, 0.717) is 0 Å². The number of hydrogen-bond acceptors (Lipinski definition) is 1. The fourth-order valence-electron chi connectivity index (χ4n) is 0. The van der Waals surface area contributed by atoms with Gasteiger partial charge in [-0.05, 0) is 0 Å². The molecule has 0 N–H and O–H groups in total. The SMILES string of the molecule is [AlH3].[O]=[La].[SrH2].[Ta]. The van der Waals surface area contributed by atoms with Crippen molar-refractivity contribution in [2.24, 2.45) is 0 Å². The molecule has 5 heteroatoms. The monoisotopic (exact) mass is 456 g/mol. The molecule has 0 aliphatic heterocycles. The molecule has 0 rings (SSSR count). The van der Waals surface area contributed by atoms with Crippen molar-refractivity contribution in [3.63, 3.8) is 0 Å². The number of rotatable bonds is 0. The van der Waals surface area contributed by atoms with Crippen molar-refractivity contribution in [3.8, 4) is 0 Å². The van der Waals surface area contributed by atoms with E-state index >= 15 is 0 Å². The van der Waals surface area contributed by atoms with Gasteiger partial charge in [-0.1, -0.05) is 0 Å². The van der Waals surface area contributed by atoms with Crippen LogP contribution in [0.25, 0.3) is 0 Å². The van der Waals surface area contributed by atoms with Gasteiger partial charge in [0, 0.05) is 22.4 Å². The zero-order valence-corrected chi connectivity index (χ0v) is 8.27. The van der Waals surface area contributed by atoms with E-state index in [0.717, 1.165) is 0 Å². The molecular weight excluding hydrogens is 450 g/mol. The minimum absolute atomic E-state index is 0. The molecule has 0 saturated heterocycles. The first-order valence-corrected chi connectivity index (χ1v) is 1.72. The normalized spacial score (nSPS) is 1.20. The van der Waals surface area contributed by atoms with Gasteiger partial charge in [0.1, 0.15) is 0 Å². The third-order valence-electron chi connectivity index (χ3n) is 0. The Bertz CT molecular complexity index is 11.6. The van der Waals surface area contributed by atoms with Crippen molar-refractivity contribution in [2.45, 2.75) is 0 Å². The third kappa shape index (κ3) is 18.2. The van der Waals surface area contributed by atoms with Crippen molar-refractivity contribution in [3.05, 3.63) is 0 Å². The van der Waals surface area contributed by atoms with Crippen LogP contribution in [-0.4, -0.2) is 62.8 Å². The van der Waals surface area contributed by atoms with Crippen LogP contribution >= 0.6 is 0 Å². The van der Waals surface area contributed by atoms with Crippen LogP contribution in [0, 0.1) is 33.8 Å². The van der Waals surface area contributed by atoms with Gasteiger partial charge in [-0.15, -0.1) is 0 Å². The topological polar surface area (TPSA) is 17.1 Å². The van der Waals surface area contributed by atoms with Crippen LogP contribution < -0.4 is 0 Å². The van der Waals surface area contributed by atoms with Gasteiger partial charge in [0.25, 0.3) is 0 Å². The van der Waals surface area contributed by atoms with Crippen LogP contribution in [0.1, 0.15) is 0 Å². The fraction of sp³-hybridized carbons (Fsp3) is 0. The predicted molar refractivity (Wildman–Crippen MR) is 19.2 cm³/mol. The maximum atomic E-state index is 8.42. The zero-order chi connectivity index (χ0) is 2.00. The van der Waals surface area contributed by atoms with E-state index < -0.39 is 0 Å². The first-order valence-electron chi connectivity index (χ1n) is 0.236. The Morgan fingerprint density at radius 1 is 1.20 bits per heavy atom. The van der Waals surface area contributed by atoms with E-state index in [1.807, 2.05) is 0 Å². The molecule has 0 aromatic carbocycles. The van der Waals surface area contributed by atoms with Gasteiger partial charge in [-0.3, -0.25) is 0 Å². The Labute approximate surface area is 117 Å². The predicted octanol–water partition coefficient (Wildman–Crippen LogP) is -2.22. The molecule has 24 valence electrons. The smallest absolute Gasteiger partial charge is 0 e. The van der Waals surface area contributed by atoms with Gasteiger partial charge in [0.05, 0.1) is 0 Å². The standard InChI is InChI=1S/Al.La.O.Sr.Ta.5H. The Hall–Kier alpha value is 3.75.